The molecule has 114 valence electrons. The maximum atomic E-state index is 10.9. The lowest BCUT2D eigenvalue weighted by molar-refractivity contribution is -0.138. The van der Waals surface area contributed by atoms with Crippen LogP contribution in [-0.4, -0.2) is 11.1 Å². The summed E-state index contributed by atoms with van der Waals surface area (Å²) < 4.78 is 0. The van der Waals surface area contributed by atoms with Crippen molar-refractivity contribution in [2.45, 2.75) is 32.6 Å². The second-order valence-corrected chi connectivity index (χ2v) is 6.70. The third-order valence-corrected chi connectivity index (χ3v) is 4.38. The molecular formula is C20H22O2. The van der Waals surface area contributed by atoms with Crippen molar-refractivity contribution in [3.63, 3.8) is 0 Å². The van der Waals surface area contributed by atoms with E-state index < -0.39 is 5.97 Å². The third-order valence-electron chi connectivity index (χ3n) is 4.38. The summed E-state index contributed by atoms with van der Waals surface area (Å²) in [7, 11) is 0. The van der Waals surface area contributed by atoms with Crippen molar-refractivity contribution in [2.75, 3.05) is 0 Å². The predicted molar refractivity (Wildman–Crippen MR) is 88.9 cm³/mol. The van der Waals surface area contributed by atoms with Gasteiger partial charge in [0.2, 0.25) is 0 Å². The highest BCUT2D eigenvalue weighted by atomic mass is 16.4. The monoisotopic (exact) mass is 294 g/mol. The van der Waals surface area contributed by atoms with Crippen LogP contribution in [0.25, 0.3) is 11.1 Å². The summed E-state index contributed by atoms with van der Waals surface area (Å²) in [4.78, 5) is 10.9. The van der Waals surface area contributed by atoms with Crippen molar-refractivity contribution in [1.82, 2.24) is 0 Å². The number of carbonyl (C=O) groups is 1. The van der Waals surface area contributed by atoms with Gasteiger partial charge in [-0.05, 0) is 46.9 Å². The Balaban J connectivity index is 1.72. The average Bonchev–Trinajstić information content (AvgIpc) is 3.28. The summed E-state index contributed by atoms with van der Waals surface area (Å²) in [5.74, 6) is 0.0295. The molecule has 2 heteroatoms. The quantitative estimate of drug-likeness (QED) is 0.864. The summed E-state index contributed by atoms with van der Waals surface area (Å²) >= 11 is 0. The topological polar surface area (TPSA) is 37.3 Å². The molecule has 1 aliphatic rings. The van der Waals surface area contributed by atoms with Gasteiger partial charge in [0.05, 0.1) is 5.92 Å². The first-order valence-electron chi connectivity index (χ1n) is 7.96. The molecule has 1 saturated carbocycles. The molecule has 1 N–H and O–H groups in total. The Morgan fingerprint density at radius 3 is 2.05 bits per heavy atom. The van der Waals surface area contributed by atoms with Crippen molar-refractivity contribution in [2.24, 2.45) is 11.8 Å². The van der Waals surface area contributed by atoms with Crippen molar-refractivity contribution in [3.8, 4) is 11.1 Å². The molecule has 2 atom stereocenters. The van der Waals surface area contributed by atoms with Crippen LogP contribution in [0.4, 0.5) is 0 Å². The smallest absolute Gasteiger partial charge is 0.307 e. The van der Waals surface area contributed by atoms with E-state index in [1.807, 2.05) is 0 Å². The number of hydrogen-bond acceptors (Lipinski definition) is 1. The van der Waals surface area contributed by atoms with Crippen LogP contribution in [-0.2, 0) is 11.2 Å². The molecule has 2 aromatic carbocycles. The van der Waals surface area contributed by atoms with Crippen LogP contribution in [0.1, 0.15) is 37.3 Å². The van der Waals surface area contributed by atoms with Crippen LogP contribution < -0.4 is 0 Å². The summed E-state index contributed by atoms with van der Waals surface area (Å²) in [6, 6.07) is 17.1. The lowest BCUT2D eigenvalue weighted by Gasteiger charge is -2.07. The maximum absolute atomic E-state index is 10.9. The highest BCUT2D eigenvalue weighted by molar-refractivity contribution is 5.75. The molecule has 0 amide bonds. The summed E-state index contributed by atoms with van der Waals surface area (Å²) in [5.41, 5.74) is 4.92. The fourth-order valence-electron chi connectivity index (χ4n) is 3.06. The van der Waals surface area contributed by atoms with Gasteiger partial charge < -0.3 is 5.11 Å². The van der Waals surface area contributed by atoms with Gasteiger partial charge in [0.1, 0.15) is 0 Å². The van der Waals surface area contributed by atoms with Gasteiger partial charge in [-0.1, -0.05) is 62.4 Å². The van der Waals surface area contributed by atoms with E-state index in [0.29, 0.717) is 5.92 Å². The van der Waals surface area contributed by atoms with Crippen molar-refractivity contribution >= 4 is 5.97 Å². The first kappa shape index (κ1) is 14.8. The zero-order valence-electron chi connectivity index (χ0n) is 13.1. The Morgan fingerprint density at radius 1 is 1.05 bits per heavy atom. The molecule has 0 heterocycles. The molecule has 1 aliphatic carbocycles. The maximum Gasteiger partial charge on any atom is 0.307 e. The fourth-order valence-corrected chi connectivity index (χ4v) is 3.06. The Morgan fingerprint density at radius 2 is 1.59 bits per heavy atom. The van der Waals surface area contributed by atoms with Crippen molar-refractivity contribution < 1.29 is 9.90 Å². The van der Waals surface area contributed by atoms with E-state index in [0.717, 1.165) is 18.4 Å². The molecule has 0 radical (unpaired) electrons. The molecule has 0 bridgehead atoms. The van der Waals surface area contributed by atoms with Crippen LogP contribution in [0.3, 0.4) is 0 Å². The normalized spacial score (nSPS) is 20.1. The molecule has 2 aromatic rings. The lowest BCUT2D eigenvalue weighted by atomic mass is 9.98. The Kier molecular flexibility index (Phi) is 4.02. The van der Waals surface area contributed by atoms with Crippen molar-refractivity contribution in [3.05, 3.63) is 59.7 Å². The van der Waals surface area contributed by atoms with E-state index in [9.17, 15) is 4.79 Å². The third kappa shape index (κ3) is 3.22. The standard InChI is InChI=1S/C20H22O2/c1-13(2)11-14-3-5-15(6-4-14)16-7-9-17(10-8-16)18-12-19(18)20(21)22/h3-10,13,18-19H,11-12H2,1-2H3,(H,21,22)/t18-,19+/m1/s1. The molecule has 0 aromatic heterocycles. The SMILES string of the molecule is CC(C)Cc1ccc(-c2ccc([C@H]3C[C@@H]3C(=O)O)cc2)cc1. The zero-order chi connectivity index (χ0) is 15.7. The summed E-state index contributed by atoms with van der Waals surface area (Å²) in [6.45, 7) is 4.46. The largest absolute Gasteiger partial charge is 0.481 e. The van der Waals surface area contributed by atoms with Gasteiger partial charge in [-0.25, -0.2) is 0 Å². The number of rotatable bonds is 5. The molecule has 2 nitrogen and oxygen atoms in total. The molecule has 0 unspecified atom stereocenters. The molecule has 0 saturated heterocycles. The van der Waals surface area contributed by atoms with Gasteiger partial charge in [-0.2, -0.15) is 0 Å². The minimum atomic E-state index is -0.671. The summed E-state index contributed by atoms with van der Waals surface area (Å²) in [5, 5.41) is 9.01. The minimum Gasteiger partial charge on any atom is -0.481 e. The number of carboxylic acid groups (broad SMARTS) is 1. The van der Waals surface area contributed by atoms with Gasteiger partial charge in [-0.15, -0.1) is 0 Å². The van der Waals surface area contributed by atoms with E-state index >= 15 is 0 Å². The van der Waals surface area contributed by atoms with Crippen LogP contribution in [0.15, 0.2) is 48.5 Å². The van der Waals surface area contributed by atoms with Gasteiger partial charge in [0, 0.05) is 0 Å². The van der Waals surface area contributed by atoms with Crippen LogP contribution in [0.2, 0.25) is 0 Å². The van der Waals surface area contributed by atoms with Crippen LogP contribution >= 0.6 is 0 Å². The highest BCUT2D eigenvalue weighted by Crippen LogP contribution is 2.47. The first-order valence-corrected chi connectivity index (χ1v) is 7.96. The van der Waals surface area contributed by atoms with Crippen LogP contribution in [0, 0.1) is 11.8 Å². The number of carboxylic acids is 1. The average molecular weight is 294 g/mol. The van der Waals surface area contributed by atoms with Gasteiger partial charge in [-0.3, -0.25) is 4.79 Å². The molecule has 22 heavy (non-hydrogen) atoms. The Bertz CT molecular complexity index is 653. The van der Waals surface area contributed by atoms with Crippen molar-refractivity contribution in [1.29, 1.82) is 0 Å². The second-order valence-electron chi connectivity index (χ2n) is 6.70. The van der Waals surface area contributed by atoms with Gasteiger partial charge >= 0.3 is 5.97 Å². The first-order chi connectivity index (χ1) is 10.5. The predicted octanol–water partition coefficient (Wildman–Crippen LogP) is 4.74. The van der Waals surface area contributed by atoms with E-state index in [2.05, 4.69) is 62.4 Å². The Labute approximate surface area is 131 Å². The zero-order valence-corrected chi connectivity index (χ0v) is 13.1. The molecule has 0 spiro atoms. The number of aliphatic carboxylic acids is 1. The van der Waals surface area contributed by atoms with E-state index in [1.165, 1.54) is 16.7 Å². The lowest BCUT2D eigenvalue weighted by Crippen LogP contribution is -1.98. The molecular weight excluding hydrogens is 272 g/mol. The second kappa shape index (κ2) is 5.96. The number of hydrogen-bond donors (Lipinski definition) is 1. The van der Waals surface area contributed by atoms with E-state index in [1.54, 1.807) is 0 Å². The van der Waals surface area contributed by atoms with Crippen LogP contribution in [0.5, 0.6) is 0 Å². The molecule has 1 fully saturated rings. The van der Waals surface area contributed by atoms with E-state index in [-0.39, 0.29) is 11.8 Å². The van der Waals surface area contributed by atoms with Gasteiger partial charge in [0.15, 0.2) is 0 Å². The van der Waals surface area contributed by atoms with E-state index in [4.69, 9.17) is 5.11 Å². The highest BCUT2D eigenvalue weighted by Gasteiger charge is 2.43. The fraction of sp³-hybridized carbons (Fsp3) is 0.350. The van der Waals surface area contributed by atoms with Gasteiger partial charge in [0.25, 0.3) is 0 Å². The molecule has 3 rings (SSSR count). The Hall–Kier alpha value is -2.09. The number of benzene rings is 2. The summed E-state index contributed by atoms with van der Waals surface area (Å²) in [6.07, 6.45) is 1.88. The molecule has 0 aliphatic heterocycles. The minimum absolute atomic E-state index is 0.179.